The fourth-order valence-corrected chi connectivity index (χ4v) is 6.97. The number of para-hydroxylation sites is 1. The predicted molar refractivity (Wildman–Crippen MR) is 204 cm³/mol. The minimum atomic E-state index is 0.0121. The first-order valence-corrected chi connectivity index (χ1v) is 17.8. The number of aryl methyl sites for hydroxylation is 3. The molecule has 3 heterocycles. The average Bonchev–Trinajstić information content (AvgIpc) is 3.73. The second-order valence-corrected chi connectivity index (χ2v) is 14.1. The molecule has 0 N–H and O–H groups in total. The van der Waals surface area contributed by atoms with Crippen molar-refractivity contribution in [3.05, 3.63) is 132 Å². The number of pyridine rings is 1. The van der Waals surface area contributed by atoms with Gasteiger partial charge in [0, 0.05) is 40.9 Å². The van der Waals surface area contributed by atoms with Crippen LogP contribution in [0.5, 0.6) is 11.5 Å². The Bertz CT molecular complexity index is 2240. The highest BCUT2D eigenvalue weighted by Gasteiger charge is 2.19. The van der Waals surface area contributed by atoms with E-state index in [0.717, 1.165) is 71.7 Å². The third-order valence-corrected chi connectivity index (χ3v) is 9.63. The van der Waals surface area contributed by atoms with Crippen LogP contribution in [0.3, 0.4) is 0 Å². The van der Waals surface area contributed by atoms with Crippen LogP contribution in [-0.4, -0.2) is 19.3 Å². The Morgan fingerprint density at radius 3 is 2.27 bits per heavy atom. The molecule has 0 spiro atoms. The Kier molecular flexibility index (Phi) is 8.85. The number of benzene rings is 4. The number of unbranched alkanes of at least 4 members (excludes halogenated alkanes) is 1. The highest BCUT2D eigenvalue weighted by molar-refractivity contribution is 6.09. The van der Waals surface area contributed by atoms with Gasteiger partial charge in [-0.15, -0.1) is 0 Å². The molecule has 0 unspecified atom stereocenters. The molecule has 7 rings (SSSR count). The SMILES string of the molecule is CCCCc1cc(Oc2ccc3c4ccccc4n(-c4cc(C(C)(C)C)ccn4)c3c2)cc(-n2cc(-c3c(CC)cccc3CC)cn2)c1. The van der Waals surface area contributed by atoms with E-state index in [0.29, 0.717) is 0 Å². The van der Waals surface area contributed by atoms with Crippen LogP contribution in [0.2, 0.25) is 0 Å². The van der Waals surface area contributed by atoms with Crippen molar-refractivity contribution in [2.45, 2.75) is 79.1 Å². The minimum absolute atomic E-state index is 0.0121. The van der Waals surface area contributed by atoms with Gasteiger partial charge in [-0.1, -0.05) is 84.4 Å². The highest BCUT2D eigenvalue weighted by Crippen LogP contribution is 2.37. The second kappa shape index (κ2) is 13.4. The second-order valence-electron chi connectivity index (χ2n) is 14.1. The summed E-state index contributed by atoms with van der Waals surface area (Å²) in [6, 6.07) is 32.5. The summed E-state index contributed by atoms with van der Waals surface area (Å²) in [5.41, 5.74) is 10.9. The molecule has 0 bridgehead atoms. The van der Waals surface area contributed by atoms with E-state index < -0.39 is 0 Å². The molecule has 0 radical (unpaired) electrons. The lowest BCUT2D eigenvalue weighted by atomic mass is 9.88. The lowest BCUT2D eigenvalue weighted by Crippen LogP contribution is -2.12. The lowest BCUT2D eigenvalue weighted by Gasteiger charge is -2.20. The van der Waals surface area contributed by atoms with Crippen molar-refractivity contribution >= 4 is 21.8 Å². The molecule has 3 aromatic heterocycles. The van der Waals surface area contributed by atoms with Crippen molar-refractivity contribution in [2.75, 3.05) is 0 Å². The molecule has 0 aliphatic heterocycles. The number of rotatable bonds is 10. The van der Waals surface area contributed by atoms with Crippen molar-refractivity contribution in [1.29, 1.82) is 0 Å². The van der Waals surface area contributed by atoms with Crippen molar-refractivity contribution in [3.8, 4) is 34.1 Å². The monoisotopic (exact) mass is 646 g/mol. The molecule has 7 aromatic rings. The Balaban J connectivity index is 1.30. The molecule has 0 aliphatic carbocycles. The van der Waals surface area contributed by atoms with E-state index in [4.69, 9.17) is 14.8 Å². The summed E-state index contributed by atoms with van der Waals surface area (Å²) in [6.45, 7) is 13.4. The fourth-order valence-electron chi connectivity index (χ4n) is 6.97. The molecule has 0 amide bonds. The van der Waals surface area contributed by atoms with Gasteiger partial charge in [-0.3, -0.25) is 4.57 Å². The number of hydrogen-bond donors (Lipinski definition) is 0. The molecule has 5 heteroatoms. The number of hydrogen-bond acceptors (Lipinski definition) is 3. The third-order valence-electron chi connectivity index (χ3n) is 9.63. The van der Waals surface area contributed by atoms with Crippen LogP contribution in [0.25, 0.3) is 44.4 Å². The van der Waals surface area contributed by atoms with Gasteiger partial charge in [-0.25, -0.2) is 9.67 Å². The zero-order chi connectivity index (χ0) is 34.1. The van der Waals surface area contributed by atoms with Crippen molar-refractivity contribution in [3.63, 3.8) is 0 Å². The molecule has 0 atom stereocenters. The lowest BCUT2D eigenvalue weighted by molar-refractivity contribution is 0.482. The fraction of sp³-hybridized carbons (Fsp3) is 0.273. The normalized spacial score (nSPS) is 11.9. The van der Waals surface area contributed by atoms with Gasteiger partial charge in [0.2, 0.25) is 0 Å². The summed E-state index contributed by atoms with van der Waals surface area (Å²) in [6.07, 6.45) is 11.3. The molecule has 0 saturated carbocycles. The quantitative estimate of drug-likeness (QED) is 0.149. The Labute approximate surface area is 290 Å². The van der Waals surface area contributed by atoms with Crippen molar-refractivity contribution < 1.29 is 4.74 Å². The molecule has 4 aromatic carbocycles. The van der Waals surface area contributed by atoms with E-state index in [1.54, 1.807) is 0 Å². The van der Waals surface area contributed by atoms with Crippen molar-refractivity contribution in [2.24, 2.45) is 0 Å². The molecular formula is C44H46N4O. The molecule has 0 fully saturated rings. The maximum atomic E-state index is 6.72. The van der Waals surface area contributed by atoms with Gasteiger partial charge >= 0.3 is 0 Å². The molecule has 0 saturated heterocycles. The van der Waals surface area contributed by atoms with Crippen LogP contribution in [0, 0.1) is 0 Å². The van der Waals surface area contributed by atoms with Gasteiger partial charge in [0.1, 0.15) is 17.3 Å². The summed E-state index contributed by atoms with van der Waals surface area (Å²) < 4.78 is 11.0. The molecule has 49 heavy (non-hydrogen) atoms. The topological polar surface area (TPSA) is 44.9 Å². The van der Waals surface area contributed by atoms with Crippen LogP contribution in [0.1, 0.15) is 76.6 Å². The van der Waals surface area contributed by atoms with E-state index >= 15 is 0 Å². The van der Waals surface area contributed by atoms with E-state index in [9.17, 15) is 0 Å². The van der Waals surface area contributed by atoms with Gasteiger partial charge in [0.15, 0.2) is 0 Å². The first kappa shape index (κ1) is 32.4. The molecular weight excluding hydrogens is 601 g/mol. The third kappa shape index (κ3) is 6.38. The molecule has 248 valence electrons. The predicted octanol–water partition coefficient (Wildman–Crippen LogP) is 11.6. The summed E-state index contributed by atoms with van der Waals surface area (Å²) in [5, 5.41) is 7.24. The average molecular weight is 647 g/mol. The van der Waals surface area contributed by atoms with E-state index in [-0.39, 0.29) is 5.41 Å². The molecule has 0 aliphatic rings. The zero-order valence-electron chi connectivity index (χ0n) is 29.6. The van der Waals surface area contributed by atoms with Crippen LogP contribution in [0.15, 0.2) is 110 Å². The minimum Gasteiger partial charge on any atom is -0.457 e. The summed E-state index contributed by atoms with van der Waals surface area (Å²) in [5.74, 6) is 2.50. The number of nitrogens with zero attached hydrogens (tertiary/aromatic N) is 4. The Hall–Kier alpha value is -5.16. The van der Waals surface area contributed by atoms with Crippen LogP contribution in [0.4, 0.5) is 0 Å². The summed E-state index contributed by atoms with van der Waals surface area (Å²) in [4.78, 5) is 4.85. The maximum absolute atomic E-state index is 6.72. The van der Waals surface area contributed by atoms with Gasteiger partial charge in [0.25, 0.3) is 0 Å². The first-order valence-electron chi connectivity index (χ1n) is 17.8. The van der Waals surface area contributed by atoms with E-state index in [2.05, 4.69) is 143 Å². The molecule has 5 nitrogen and oxygen atoms in total. The summed E-state index contributed by atoms with van der Waals surface area (Å²) in [7, 11) is 0. The van der Waals surface area contributed by atoms with Crippen LogP contribution >= 0.6 is 0 Å². The Morgan fingerprint density at radius 2 is 1.51 bits per heavy atom. The highest BCUT2D eigenvalue weighted by atomic mass is 16.5. The van der Waals surface area contributed by atoms with Crippen molar-refractivity contribution in [1.82, 2.24) is 19.3 Å². The number of fused-ring (bicyclic) bond motifs is 3. The maximum Gasteiger partial charge on any atom is 0.137 e. The smallest absolute Gasteiger partial charge is 0.137 e. The number of ether oxygens (including phenoxy) is 1. The van der Waals surface area contributed by atoms with E-state index in [1.165, 1.54) is 38.6 Å². The standard InChI is InChI=1S/C44H46N4O/c1-7-10-14-30-23-35(47-29-33(28-46-47)43-31(8-2)15-13-16-32(43)9-3)26-37(24-30)49-36-19-20-39-38-17-11-12-18-40(38)48(41(39)27-36)42-25-34(21-22-45-42)44(4,5)6/h11-13,15-29H,7-10,14H2,1-6H3. The first-order chi connectivity index (χ1) is 23.8. The number of aromatic nitrogens is 4. The van der Waals surface area contributed by atoms with Gasteiger partial charge < -0.3 is 4.74 Å². The Morgan fingerprint density at radius 1 is 0.735 bits per heavy atom. The van der Waals surface area contributed by atoms with Gasteiger partial charge in [-0.05, 0) is 101 Å². The summed E-state index contributed by atoms with van der Waals surface area (Å²) >= 11 is 0. The van der Waals surface area contributed by atoms with E-state index in [1.807, 2.05) is 17.1 Å². The van der Waals surface area contributed by atoms with Crippen LogP contribution in [-0.2, 0) is 24.7 Å². The van der Waals surface area contributed by atoms with Gasteiger partial charge in [0.05, 0.1) is 22.9 Å². The largest absolute Gasteiger partial charge is 0.457 e. The van der Waals surface area contributed by atoms with Crippen LogP contribution < -0.4 is 4.74 Å². The zero-order valence-corrected chi connectivity index (χ0v) is 29.6. The van der Waals surface area contributed by atoms with Gasteiger partial charge in [-0.2, -0.15) is 5.10 Å².